The standard InChI is InChI=1S/C27H37N3O/c1-26(2,3)24-23(22-12-9-17-28-25(22)29-24)19-31-18-20-13-15-27(16-14-20,30(4)5)21-10-7-6-8-11-21/h6-12,17,20H,13-16,18-19H2,1-5H3,(H,28,29). The van der Waals surface area contributed by atoms with Crippen molar-refractivity contribution in [2.24, 2.45) is 5.92 Å². The lowest BCUT2D eigenvalue weighted by molar-refractivity contribution is 0.0287. The van der Waals surface area contributed by atoms with Gasteiger partial charge in [0.2, 0.25) is 0 Å². The number of fused-ring (bicyclic) bond motifs is 1. The number of benzene rings is 1. The van der Waals surface area contributed by atoms with E-state index in [2.05, 4.69) is 86.1 Å². The van der Waals surface area contributed by atoms with Crippen molar-refractivity contribution in [2.75, 3.05) is 20.7 Å². The van der Waals surface area contributed by atoms with Crippen LogP contribution >= 0.6 is 0 Å². The van der Waals surface area contributed by atoms with Gasteiger partial charge in [0, 0.05) is 40.4 Å². The predicted octanol–water partition coefficient (Wildman–Crippen LogP) is 6.02. The summed E-state index contributed by atoms with van der Waals surface area (Å²) < 4.78 is 6.33. The highest BCUT2D eigenvalue weighted by atomic mass is 16.5. The zero-order valence-corrected chi connectivity index (χ0v) is 19.7. The number of pyridine rings is 1. The van der Waals surface area contributed by atoms with Gasteiger partial charge in [-0.3, -0.25) is 4.90 Å². The molecule has 4 heteroatoms. The van der Waals surface area contributed by atoms with Crippen LogP contribution in [0.15, 0.2) is 48.7 Å². The van der Waals surface area contributed by atoms with Crippen molar-refractivity contribution in [3.05, 3.63) is 65.5 Å². The molecule has 0 saturated heterocycles. The van der Waals surface area contributed by atoms with Crippen LogP contribution in [0.3, 0.4) is 0 Å². The van der Waals surface area contributed by atoms with Crippen molar-refractivity contribution >= 4 is 11.0 Å². The van der Waals surface area contributed by atoms with E-state index in [1.807, 2.05) is 12.3 Å². The average molecular weight is 420 g/mol. The molecule has 1 fully saturated rings. The first-order valence-electron chi connectivity index (χ1n) is 11.6. The Hall–Kier alpha value is -2.17. The lowest BCUT2D eigenvalue weighted by atomic mass is 9.72. The number of ether oxygens (including phenoxy) is 1. The van der Waals surface area contributed by atoms with Crippen LogP contribution in [-0.2, 0) is 22.3 Å². The first-order chi connectivity index (χ1) is 14.8. The quantitative estimate of drug-likeness (QED) is 0.531. The summed E-state index contributed by atoms with van der Waals surface area (Å²) in [7, 11) is 4.45. The van der Waals surface area contributed by atoms with Gasteiger partial charge in [-0.15, -0.1) is 0 Å². The van der Waals surface area contributed by atoms with E-state index in [1.165, 1.54) is 47.9 Å². The maximum atomic E-state index is 6.33. The Morgan fingerprint density at radius 1 is 1.06 bits per heavy atom. The first kappa shape index (κ1) is 22.0. The summed E-state index contributed by atoms with van der Waals surface area (Å²) in [6.07, 6.45) is 6.62. The first-order valence-corrected chi connectivity index (χ1v) is 11.6. The topological polar surface area (TPSA) is 41.1 Å². The molecule has 0 unspecified atom stereocenters. The Morgan fingerprint density at radius 3 is 2.42 bits per heavy atom. The highest BCUT2D eigenvalue weighted by Gasteiger charge is 2.38. The summed E-state index contributed by atoms with van der Waals surface area (Å²) in [4.78, 5) is 10.5. The Balaban J connectivity index is 1.41. The van der Waals surface area contributed by atoms with Crippen molar-refractivity contribution in [3.8, 4) is 0 Å². The normalized spacial score (nSPS) is 22.3. The van der Waals surface area contributed by atoms with Gasteiger partial charge in [0.05, 0.1) is 6.61 Å². The van der Waals surface area contributed by atoms with Crippen molar-refractivity contribution in [3.63, 3.8) is 0 Å². The molecule has 4 rings (SSSR count). The third-order valence-corrected chi connectivity index (χ3v) is 7.13. The fourth-order valence-corrected chi connectivity index (χ4v) is 5.26. The summed E-state index contributed by atoms with van der Waals surface area (Å²) in [5.74, 6) is 0.623. The van der Waals surface area contributed by atoms with Crippen molar-refractivity contribution in [1.29, 1.82) is 0 Å². The van der Waals surface area contributed by atoms with Crippen LogP contribution in [-0.4, -0.2) is 35.6 Å². The van der Waals surface area contributed by atoms with E-state index in [4.69, 9.17) is 4.74 Å². The monoisotopic (exact) mass is 419 g/mol. The van der Waals surface area contributed by atoms with E-state index in [9.17, 15) is 0 Å². The number of nitrogens with one attached hydrogen (secondary N) is 1. The molecule has 31 heavy (non-hydrogen) atoms. The molecule has 166 valence electrons. The molecule has 1 aliphatic rings. The molecular weight excluding hydrogens is 382 g/mol. The number of aromatic nitrogens is 2. The largest absolute Gasteiger partial charge is 0.376 e. The van der Waals surface area contributed by atoms with Crippen LogP contribution in [0.1, 0.15) is 63.3 Å². The van der Waals surface area contributed by atoms with Crippen LogP contribution in [0.2, 0.25) is 0 Å². The SMILES string of the molecule is CN(C)C1(c2ccccc2)CCC(COCc2c(C(C)(C)C)[nH]c3ncccc23)CC1. The number of hydrogen-bond donors (Lipinski definition) is 1. The Bertz CT molecular complexity index is 992. The lowest BCUT2D eigenvalue weighted by Gasteiger charge is -2.45. The van der Waals surface area contributed by atoms with Gasteiger partial charge in [-0.1, -0.05) is 51.1 Å². The Morgan fingerprint density at radius 2 is 1.77 bits per heavy atom. The molecule has 0 atom stereocenters. The summed E-state index contributed by atoms with van der Waals surface area (Å²) in [5.41, 5.74) is 5.09. The minimum atomic E-state index is 0.0330. The van der Waals surface area contributed by atoms with Gasteiger partial charge >= 0.3 is 0 Å². The van der Waals surface area contributed by atoms with Crippen molar-refractivity contribution < 1.29 is 4.74 Å². The van der Waals surface area contributed by atoms with E-state index < -0.39 is 0 Å². The summed E-state index contributed by atoms with van der Waals surface area (Å²) in [6, 6.07) is 15.2. The highest BCUT2D eigenvalue weighted by molar-refractivity contribution is 5.81. The van der Waals surface area contributed by atoms with E-state index in [1.54, 1.807) is 0 Å². The number of hydrogen-bond acceptors (Lipinski definition) is 3. The molecule has 1 saturated carbocycles. The smallest absolute Gasteiger partial charge is 0.137 e. The second kappa shape index (κ2) is 8.76. The third-order valence-electron chi connectivity index (χ3n) is 7.13. The van der Waals surface area contributed by atoms with Crippen LogP contribution < -0.4 is 0 Å². The van der Waals surface area contributed by atoms with Gasteiger partial charge < -0.3 is 9.72 Å². The van der Waals surface area contributed by atoms with Gasteiger partial charge in [-0.05, 0) is 63.4 Å². The fraction of sp³-hybridized carbons (Fsp3) is 0.519. The predicted molar refractivity (Wildman–Crippen MR) is 128 cm³/mol. The van der Waals surface area contributed by atoms with E-state index in [-0.39, 0.29) is 11.0 Å². The molecule has 3 aromatic rings. The molecule has 0 radical (unpaired) electrons. The van der Waals surface area contributed by atoms with Gasteiger partial charge in [0.15, 0.2) is 0 Å². The van der Waals surface area contributed by atoms with Crippen LogP contribution in [0.4, 0.5) is 0 Å². The molecule has 2 aromatic heterocycles. The van der Waals surface area contributed by atoms with E-state index in [0.29, 0.717) is 12.5 Å². The van der Waals surface area contributed by atoms with Crippen molar-refractivity contribution in [2.45, 2.75) is 64.0 Å². The molecule has 1 N–H and O–H groups in total. The zero-order chi connectivity index (χ0) is 22.1. The molecular formula is C27H37N3O. The van der Waals surface area contributed by atoms with Crippen LogP contribution in [0, 0.1) is 5.92 Å². The number of rotatable bonds is 6. The molecule has 0 spiro atoms. The molecule has 0 aliphatic heterocycles. The Labute approximate surface area is 187 Å². The van der Waals surface area contributed by atoms with Crippen LogP contribution in [0.25, 0.3) is 11.0 Å². The maximum Gasteiger partial charge on any atom is 0.137 e. The highest BCUT2D eigenvalue weighted by Crippen LogP contribution is 2.43. The zero-order valence-electron chi connectivity index (χ0n) is 19.7. The van der Waals surface area contributed by atoms with Gasteiger partial charge in [0.25, 0.3) is 0 Å². The van der Waals surface area contributed by atoms with Gasteiger partial charge in [0.1, 0.15) is 5.65 Å². The van der Waals surface area contributed by atoms with E-state index >= 15 is 0 Å². The average Bonchev–Trinajstić information content (AvgIpc) is 3.14. The molecule has 1 aromatic carbocycles. The second-order valence-corrected chi connectivity index (χ2v) is 10.4. The maximum absolute atomic E-state index is 6.33. The Kier molecular flexibility index (Phi) is 6.23. The summed E-state index contributed by atoms with van der Waals surface area (Å²) in [5, 5.41) is 1.19. The fourth-order valence-electron chi connectivity index (χ4n) is 5.26. The molecule has 0 amide bonds. The number of H-pyrrole nitrogens is 1. The third kappa shape index (κ3) is 4.42. The summed E-state index contributed by atoms with van der Waals surface area (Å²) >= 11 is 0. The second-order valence-electron chi connectivity index (χ2n) is 10.4. The number of aromatic amines is 1. The van der Waals surface area contributed by atoms with Gasteiger partial charge in [-0.2, -0.15) is 0 Å². The number of nitrogens with zero attached hydrogens (tertiary/aromatic N) is 2. The van der Waals surface area contributed by atoms with Crippen LogP contribution in [0.5, 0.6) is 0 Å². The molecule has 1 aliphatic carbocycles. The summed E-state index contributed by atoms with van der Waals surface area (Å²) in [6.45, 7) is 8.20. The minimum Gasteiger partial charge on any atom is -0.376 e. The molecule has 2 heterocycles. The van der Waals surface area contributed by atoms with E-state index in [0.717, 1.165) is 12.3 Å². The molecule has 0 bridgehead atoms. The van der Waals surface area contributed by atoms with Gasteiger partial charge in [-0.25, -0.2) is 4.98 Å². The molecule has 4 nitrogen and oxygen atoms in total. The lowest BCUT2D eigenvalue weighted by Crippen LogP contribution is -2.44. The van der Waals surface area contributed by atoms with Crippen molar-refractivity contribution in [1.82, 2.24) is 14.9 Å². The minimum absolute atomic E-state index is 0.0330.